The minimum atomic E-state index is -1.44. The number of esters is 1. The molecule has 0 saturated carbocycles. The van der Waals surface area contributed by atoms with Crippen LogP contribution < -0.4 is 11.1 Å². The Morgan fingerprint density at radius 3 is 2.30 bits per heavy atom. The smallest absolute Gasteiger partial charge is 0.350 e. The topological polar surface area (TPSA) is 126 Å². The molecule has 0 aromatic heterocycles. The fraction of sp³-hybridized carbons (Fsp3) is 0.500. The van der Waals surface area contributed by atoms with E-state index in [-0.39, 0.29) is 12.0 Å². The minimum Gasteiger partial charge on any atom is -0.462 e. The molecule has 0 aliphatic carbocycles. The molecule has 1 aliphatic rings. The second-order valence-corrected chi connectivity index (χ2v) is 5.51. The summed E-state index contributed by atoms with van der Waals surface area (Å²) in [6.45, 7) is 5.69. The molecule has 0 aromatic carbocycles. The van der Waals surface area contributed by atoms with Crippen LogP contribution >= 0.6 is 0 Å². The van der Waals surface area contributed by atoms with Gasteiger partial charge in [-0.3, -0.25) is 15.0 Å². The molecule has 1 unspecified atom stereocenters. The summed E-state index contributed by atoms with van der Waals surface area (Å²) < 4.78 is 5.05. The maximum atomic E-state index is 12.0. The largest absolute Gasteiger partial charge is 0.462 e. The van der Waals surface area contributed by atoms with Crippen LogP contribution in [0.4, 0.5) is 0 Å². The Labute approximate surface area is 116 Å². The van der Waals surface area contributed by atoms with Crippen LogP contribution in [0.5, 0.6) is 0 Å². The Bertz CT molecular complexity index is 460. The lowest BCUT2D eigenvalue weighted by molar-refractivity contribution is -0.160. The van der Waals surface area contributed by atoms with Gasteiger partial charge in [-0.05, 0) is 5.41 Å². The van der Waals surface area contributed by atoms with Gasteiger partial charge in [0.15, 0.2) is 5.96 Å². The van der Waals surface area contributed by atoms with Crippen molar-refractivity contribution in [3.63, 3.8) is 0 Å². The van der Waals surface area contributed by atoms with Crippen LogP contribution in [0.3, 0.4) is 0 Å². The molecule has 8 heteroatoms. The lowest BCUT2D eigenvalue weighted by Gasteiger charge is -2.27. The van der Waals surface area contributed by atoms with E-state index in [1.807, 2.05) is 20.8 Å². The minimum absolute atomic E-state index is 0.103. The van der Waals surface area contributed by atoms with Crippen LogP contribution in [0.2, 0.25) is 0 Å². The van der Waals surface area contributed by atoms with Gasteiger partial charge in [-0.25, -0.2) is 9.69 Å². The Morgan fingerprint density at radius 2 is 1.90 bits per heavy atom. The van der Waals surface area contributed by atoms with Crippen molar-refractivity contribution in [3.8, 4) is 0 Å². The standard InChI is InChI=1S/C12H18N4O4/c1-12(2,3)6-20-10(19)9(15-11(13)14)16-7(17)4-5-8(16)18/h4-5,9H,6H2,1-3H3,(H4,13,14,15). The zero-order valence-corrected chi connectivity index (χ0v) is 11.6. The second-order valence-electron chi connectivity index (χ2n) is 5.51. The van der Waals surface area contributed by atoms with Crippen molar-refractivity contribution in [2.45, 2.75) is 26.9 Å². The number of imide groups is 1. The molecule has 0 spiro atoms. The van der Waals surface area contributed by atoms with E-state index in [1.54, 1.807) is 0 Å². The zero-order valence-electron chi connectivity index (χ0n) is 11.6. The summed E-state index contributed by atoms with van der Waals surface area (Å²) in [5.41, 5.74) is 4.90. The van der Waals surface area contributed by atoms with E-state index in [4.69, 9.17) is 15.9 Å². The molecule has 1 heterocycles. The van der Waals surface area contributed by atoms with Gasteiger partial charge < -0.3 is 15.8 Å². The van der Waals surface area contributed by atoms with Gasteiger partial charge >= 0.3 is 5.97 Å². The molecule has 0 radical (unpaired) electrons. The molecule has 0 bridgehead atoms. The first-order chi connectivity index (χ1) is 9.11. The van der Waals surface area contributed by atoms with Gasteiger partial charge in [0.25, 0.3) is 11.8 Å². The van der Waals surface area contributed by atoms with Gasteiger partial charge in [0.05, 0.1) is 6.61 Å². The normalized spacial score (nSPS) is 16.2. The summed E-state index contributed by atoms with van der Waals surface area (Å²) in [7, 11) is 0. The predicted molar refractivity (Wildman–Crippen MR) is 70.2 cm³/mol. The number of carbonyl (C=O) groups is 3. The maximum absolute atomic E-state index is 12.0. The SMILES string of the molecule is CC(C)(C)COC(=O)C(NC(=N)N)N1C(=O)C=CC1=O. The van der Waals surface area contributed by atoms with Gasteiger partial charge in [0.1, 0.15) is 0 Å². The number of hydrogen-bond acceptors (Lipinski definition) is 5. The van der Waals surface area contributed by atoms with Gasteiger partial charge in [-0.15, -0.1) is 0 Å². The number of nitrogens with one attached hydrogen (secondary N) is 2. The summed E-state index contributed by atoms with van der Waals surface area (Å²) in [6, 6.07) is 0. The highest BCUT2D eigenvalue weighted by molar-refractivity contribution is 6.15. The van der Waals surface area contributed by atoms with Gasteiger partial charge in [0.2, 0.25) is 6.17 Å². The molecule has 1 aliphatic heterocycles. The highest BCUT2D eigenvalue weighted by Crippen LogP contribution is 2.15. The number of ether oxygens (including phenoxy) is 1. The van der Waals surface area contributed by atoms with Gasteiger partial charge in [-0.1, -0.05) is 20.8 Å². The van der Waals surface area contributed by atoms with E-state index in [0.29, 0.717) is 4.90 Å². The van der Waals surface area contributed by atoms with E-state index in [9.17, 15) is 14.4 Å². The lowest BCUT2D eigenvalue weighted by Crippen LogP contribution is -2.57. The number of rotatable bonds is 4. The van der Waals surface area contributed by atoms with Crippen LogP contribution in [0.1, 0.15) is 20.8 Å². The van der Waals surface area contributed by atoms with E-state index in [2.05, 4.69) is 5.32 Å². The van der Waals surface area contributed by atoms with Crippen LogP contribution in [0.25, 0.3) is 0 Å². The molecule has 20 heavy (non-hydrogen) atoms. The third-order valence-corrected chi connectivity index (χ3v) is 2.26. The highest BCUT2D eigenvalue weighted by Gasteiger charge is 2.37. The third-order valence-electron chi connectivity index (χ3n) is 2.26. The van der Waals surface area contributed by atoms with Crippen LogP contribution in [0.15, 0.2) is 12.2 Å². The maximum Gasteiger partial charge on any atom is 0.350 e. The van der Waals surface area contributed by atoms with Crippen molar-refractivity contribution in [1.82, 2.24) is 10.2 Å². The van der Waals surface area contributed by atoms with Crippen molar-refractivity contribution in [1.29, 1.82) is 5.41 Å². The molecule has 1 rings (SSSR count). The van der Waals surface area contributed by atoms with Crippen LogP contribution in [-0.2, 0) is 19.1 Å². The number of nitrogens with zero attached hydrogens (tertiary/aromatic N) is 1. The number of guanidine groups is 1. The number of hydrogen-bond donors (Lipinski definition) is 3. The lowest BCUT2D eigenvalue weighted by atomic mass is 9.99. The van der Waals surface area contributed by atoms with Crippen molar-refractivity contribution in [2.24, 2.45) is 11.1 Å². The summed E-state index contributed by atoms with van der Waals surface area (Å²) in [4.78, 5) is 35.8. The molecule has 110 valence electrons. The first-order valence-electron chi connectivity index (χ1n) is 5.94. The predicted octanol–water partition coefficient (Wildman–Crippen LogP) is -0.690. The summed E-state index contributed by atoms with van der Waals surface area (Å²) in [6.07, 6.45) is 0.632. The molecular formula is C12H18N4O4. The average Bonchev–Trinajstić information content (AvgIpc) is 2.62. The average molecular weight is 282 g/mol. The highest BCUT2D eigenvalue weighted by atomic mass is 16.5. The summed E-state index contributed by atoms with van der Waals surface area (Å²) >= 11 is 0. The van der Waals surface area contributed by atoms with Crippen molar-refractivity contribution >= 4 is 23.7 Å². The Kier molecular flexibility index (Phi) is 4.49. The van der Waals surface area contributed by atoms with E-state index in [0.717, 1.165) is 12.2 Å². The van der Waals surface area contributed by atoms with E-state index in [1.165, 1.54) is 0 Å². The molecule has 0 saturated heterocycles. The Morgan fingerprint density at radius 1 is 1.40 bits per heavy atom. The molecule has 2 amide bonds. The quantitative estimate of drug-likeness (QED) is 0.271. The second kappa shape index (κ2) is 5.72. The van der Waals surface area contributed by atoms with Crippen LogP contribution in [-0.4, -0.2) is 41.4 Å². The van der Waals surface area contributed by atoms with Gasteiger partial charge in [-0.2, -0.15) is 0 Å². The fourth-order valence-corrected chi connectivity index (χ4v) is 1.41. The van der Waals surface area contributed by atoms with E-state index < -0.39 is 29.9 Å². The van der Waals surface area contributed by atoms with Crippen molar-refractivity contribution < 1.29 is 19.1 Å². The molecule has 0 fully saturated rings. The molecule has 1 atom stereocenters. The molecule has 8 nitrogen and oxygen atoms in total. The molecule has 0 aromatic rings. The fourth-order valence-electron chi connectivity index (χ4n) is 1.41. The summed E-state index contributed by atoms with van der Waals surface area (Å²) in [5.74, 6) is -2.72. The Balaban J connectivity index is 2.84. The first kappa shape index (κ1) is 15.7. The van der Waals surface area contributed by atoms with Gasteiger partial charge in [0, 0.05) is 12.2 Å². The number of nitrogens with two attached hydrogens (primary N) is 1. The van der Waals surface area contributed by atoms with Crippen LogP contribution in [0, 0.1) is 10.8 Å². The van der Waals surface area contributed by atoms with Crippen molar-refractivity contribution in [3.05, 3.63) is 12.2 Å². The summed E-state index contributed by atoms with van der Waals surface area (Å²) in [5, 5.41) is 9.41. The zero-order chi connectivity index (χ0) is 15.5. The number of carbonyl (C=O) groups excluding carboxylic acids is 3. The van der Waals surface area contributed by atoms with Crippen molar-refractivity contribution in [2.75, 3.05) is 6.61 Å². The third kappa shape index (κ3) is 4.08. The molecular weight excluding hydrogens is 264 g/mol. The van der Waals surface area contributed by atoms with E-state index >= 15 is 0 Å². The molecule has 4 N–H and O–H groups in total. The Hall–Kier alpha value is -2.38. The first-order valence-corrected chi connectivity index (χ1v) is 5.94. The number of amides is 2. The monoisotopic (exact) mass is 282 g/mol.